The zero-order chi connectivity index (χ0) is 12.9. The SMILES string of the molecule is CCCCCCCCCCNCc1cncnc1. The van der Waals surface area contributed by atoms with Crippen molar-refractivity contribution in [1.29, 1.82) is 0 Å². The maximum atomic E-state index is 4.00. The summed E-state index contributed by atoms with van der Waals surface area (Å²) in [4.78, 5) is 7.99. The molecule has 1 N–H and O–H groups in total. The first-order valence-electron chi connectivity index (χ1n) is 7.38. The largest absolute Gasteiger partial charge is 0.313 e. The second kappa shape index (κ2) is 11.1. The summed E-state index contributed by atoms with van der Waals surface area (Å²) in [7, 11) is 0. The minimum Gasteiger partial charge on any atom is -0.313 e. The van der Waals surface area contributed by atoms with Gasteiger partial charge in [-0.25, -0.2) is 9.97 Å². The average Bonchev–Trinajstić information content (AvgIpc) is 2.42. The Balaban J connectivity index is 1.82. The highest BCUT2D eigenvalue weighted by Gasteiger charge is 1.93. The minimum absolute atomic E-state index is 0.886. The van der Waals surface area contributed by atoms with Crippen molar-refractivity contribution in [3.63, 3.8) is 0 Å². The summed E-state index contributed by atoms with van der Waals surface area (Å²) in [6.07, 6.45) is 16.3. The molecular formula is C15H27N3. The summed E-state index contributed by atoms with van der Waals surface area (Å²) in [6.45, 7) is 4.25. The van der Waals surface area contributed by atoms with Crippen molar-refractivity contribution >= 4 is 0 Å². The lowest BCUT2D eigenvalue weighted by Gasteiger charge is -2.04. The summed E-state index contributed by atoms with van der Waals surface area (Å²) in [5, 5.41) is 3.43. The van der Waals surface area contributed by atoms with Gasteiger partial charge in [0.2, 0.25) is 0 Å². The molecule has 0 saturated carbocycles. The van der Waals surface area contributed by atoms with Crippen LogP contribution in [0.2, 0.25) is 0 Å². The van der Waals surface area contributed by atoms with Crippen LogP contribution in [0.25, 0.3) is 0 Å². The predicted molar refractivity (Wildman–Crippen MR) is 76.3 cm³/mol. The third kappa shape index (κ3) is 8.18. The lowest BCUT2D eigenvalue weighted by atomic mass is 10.1. The molecular weight excluding hydrogens is 222 g/mol. The van der Waals surface area contributed by atoms with Gasteiger partial charge in [0.25, 0.3) is 0 Å². The molecule has 18 heavy (non-hydrogen) atoms. The van der Waals surface area contributed by atoms with E-state index in [4.69, 9.17) is 0 Å². The first-order chi connectivity index (χ1) is 8.93. The molecule has 1 aromatic rings. The maximum Gasteiger partial charge on any atom is 0.115 e. The molecule has 0 amide bonds. The molecule has 0 aliphatic carbocycles. The van der Waals surface area contributed by atoms with Gasteiger partial charge in [-0.15, -0.1) is 0 Å². The molecule has 0 spiro atoms. The highest BCUT2D eigenvalue weighted by atomic mass is 14.9. The fraction of sp³-hybridized carbons (Fsp3) is 0.733. The number of hydrogen-bond donors (Lipinski definition) is 1. The number of hydrogen-bond acceptors (Lipinski definition) is 3. The number of nitrogens with one attached hydrogen (secondary N) is 1. The van der Waals surface area contributed by atoms with E-state index in [2.05, 4.69) is 22.2 Å². The van der Waals surface area contributed by atoms with Crippen LogP contribution in [-0.4, -0.2) is 16.5 Å². The van der Waals surface area contributed by atoms with Gasteiger partial charge < -0.3 is 5.32 Å². The van der Waals surface area contributed by atoms with Gasteiger partial charge in [0, 0.05) is 24.5 Å². The van der Waals surface area contributed by atoms with Crippen LogP contribution in [0.15, 0.2) is 18.7 Å². The van der Waals surface area contributed by atoms with Crippen LogP contribution in [0.3, 0.4) is 0 Å². The second-order valence-electron chi connectivity index (χ2n) is 4.90. The van der Waals surface area contributed by atoms with Crippen LogP contribution in [-0.2, 0) is 6.54 Å². The van der Waals surface area contributed by atoms with E-state index >= 15 is 0 Å². The molecule has 3 heteroatoms. The van der Waals surface area contributed by atoms with Gasteiger partial charge in [-0.05, 0) is 13.0 Å². The Bertz CT molecular complexity index is 274. The molecule has 0 unspecified atom stereocenters. The van der Waals surface area contributed by atoms with Gasteiger partial charge in [-0.3, -0.25) is 0 Å². The normalized spacial score (nSPS) is 10.7. The van der Waals surface area contributed by atoms with E-state index in [0.717, 1.165) is 18.7 Å². The van der Waals surface area contributed by atoms with Crippen molar-refractivity contribution in [3.05, 3.63) is 24.3 Å². The maximum absolute atomic E-state index is 4.00. The molecule has 0 atom stereocenters. The quantitative estimate of drug-likeness (QED) is 0.608. The van der Waals surface area contributed by atoms with Crippen LogP contribution in [0.1, 0.15) is 63.9 Å². The van der Waals surface area contributed by atoms with Crippen LogP contribution >= 0.6 is 0 Å². The van der Waals surface area contributed by atoms with Crippen molar-refractivity contribution in [2.75, 3.05) is 6.54 Å². The van der Waals surface area contributed by atoms with E-state index in [1.54, 1.807) is 6.33 Å². The second-order valence-corrected chi connectivity index (χ2v) is 4.90. The fourth-order valence-corrected chi connectivity index (χ4v) is 2.04. The van der Waals surface area contributed by atoms with E-state index in [0.29, 0.717) is 0 Å². The van der Waals surface area contributed by atoms with Crippen molar-refractivity contribution in [3.8, 4) is 0 Å². The van der Waals surface area contributed by atoms with Crippen LogP contribution in [0, 0.1) is 0 Å². The lowest BCUT2D eigenvalue weighted by Crippen LogP contribution is -2.14. The molecule has 0 fully saturated rings. The van der Waals surface area contributed by atoms with Crippen molar-refractivity contribution in [2.24, 2.45) is 0 Å². The molecule has 0 aliphatic rings. The third-order valence-electron chi connectivity index (χ3n) is 3.15. The molecule has 0 aliphatic heterocycles. The summed E-state index contributed by atoms with van der Waals surface area (Å²) in [5.41, 5.74) is 1.16. The first kappa shape index (κ1) is 15.1. The lowest BCUT2D eigenvalue weighted by molar-refractivity contribution is 0.554. The van der Waals surface area contributed by atoms with Crippen LogP contribution in [0.5, 0.6) is 0 Å². The van der Waals surface area contributed by atoms with Gasteiger partial charge in [-0.1, -0.05) is 51.9 Å². The van der Waals surface area contributed by atoms with Crippen molar-refractivity contribution in [2.45, 2.75) is 64.8 Å². The molecule has 1 rings (SSSR count). The molecule has 1 heterocycles. The van der Waals surface area contributed by atoms with Crippen molar-refractivity contribution in [1.82, 2.24) is 15.3 Å². The van der Waals surface area contributed by atoms with Gasteiger partial charge in [0.15, 0.2) is 0 Å². The minimum atomic E-state index is 0.886. The Morgan fingerprint density at radius 1 is 0.889 bits per heavy atom. The molecule has 0 radical (unpaired) electrons. The summed E-state index contributed by atoms with van der Waals surface area (Å²) in [5.74, 6) is 0. The van der Waals surface area contributed by atoms with Gasteiger partial charge in [0.05, 0.1) is 0 Å². The molecule has 102 valence electrons. The third-order valence-corrected chi connectivity index (χ3v) is 3.15. The van der Waals surface area contributed by atoms with Crippen LogP contribution in [0.4, 0.5) is 0 Å². The smallest absolute Gasteiger partial charge is 0.115 e. The standard InChI is InChI=1S/C15H27N3/c1-2-3-4-5-6-7-8-9-10-16-11-15-12-17-14-18-13-15/h12-14,16H,2-11H2,1H3. The molecule has 3 nitrogen and oxygen atoms in total. The predicted octanol–water partition coefficient (Wildman–Crippen LogP) is 3.71. The molecule has 0 aromatic carbocycles. The average molecular weight is 249 g/mol. The van der Waals surface area contributed by atoms with Crippen LogP contribution < -0.4 is 5.32 Å². The van der Waals surface area contributed by atoms with Gasteiger partial charge >= 0.3 is 0 Å². The Morgan fingerprint density at radius 2 is 1.50 bits per heavy atom. The monoisotopic (exact) mass is 249 g/mol. The zero-order valence-electron chi connectivity index (χ0n) is 11.7. The molecule has 0 saturated heterocycles. The Kier molecular flexibility index (Phi) is 9.35. The van der Waals surface area contributed by atoms with Gasteiger partial charge in [-0.2, -0.15) is 0 Å². The van der Waals surface area contributed by atoms with Crippen molar-refractivity contribution < 1.29 is 0 Å². The fourth-order valence-electron chi connectivity index (χ4n) is 2.04. The highest BCUT2D eigenvalue weighted by molar-refractivity contribution is 5.01. The molecule has 0 bridgehead atoms. The van der Waals surface area contributed by atoms with E-state index in [1.165, 1.54) is 51.4 Å². The Hall–Kier alpha value is -0.960. The first-order valence-corrected chi connectivity index (χ1v) is 7.38. The van der Waals surface area contributed by atoms with E-state index in [1.807, 2.05) is 12.4 Å². The van der Waals surface area contributed by atoms with E-state index in [9.17, 15) is 0 Å². The van der Waals surface area contributed by atoms with E-state index < -0.39 is 0 Å². The topological polar surface area (TPSA) is 37.8 Å². The summed E-state index contributed by atoms with van der Waals surface area (Å²) in [6, 6.07) is 0. The Labute approximate surface area is 111 Å². The zero-order valence-corrected chi connectivity index (χ0v) is 11.7. The summed E-state index contributed by atoms with van der Waals surface area (Å²) >= 11 is 0. The number of nitrogens with zero attached hydrogens (tertiary/aromatic N) is 2. The van der Waals surface area contributed by atoms with Gasteiger partial charge in [0.1, 0.15) is 6.33 Å². The Morgan fingerprint density at radius 3 is 2.17 bits per heavy atom. The molecule has 1 aromatic heterocycles. The number of rotatable bonds is 11. The highest BCUT2D eigenvalue weighted by Crippen LogP contribution is 2.07. The number of aromatic nitrogens is 2. The summed E-state index contributed by atoms with van der Waals surface area (Å²) < 4.78 is 0. The van der Waals surface area contributed by atoms with E-state index in [-0.39, 0.29) is 0 Å². The number of unbranched alkanes of at least 4 members (excludes halogenated alkanes) is 7.